The molecule has 2 aromatic rings. The molecule has 1 fully saturated rings. The lowest BCUT2D eigenvalue weighted by Gasteiger charge is -2.21. The molecule has 0 amide bonds. The molecule has 2 heterocycles. The molecule has 20 heavy (non-hydrogen) atoms. The maximum absolute atomic E-state index is 13.8. The Hall–Kier alpha value is -1.27. The highest BCUT2D eigenvalue weighted by Gasteiger charge is 2.19. The summed E-state index contributed by atoms with van der Waals surface area (Å²) in [5, 5.41) is 0. The first-order valence-corrected chi connectivity index (χ1v) is 7.28. The number of hydrogen-bond acceptors (Lipinski definition) is 2. The zero-order valence-electron chi connectivity index (χ0n) is 11.3. The van der Waals surface area contributed by atoms with E-state index in [1.54, 1.807) is 0 Å². The van der Waals surface area contributed by atoms with Gasteiger partial charge in [-0.2, -0.15) is 0 Å². The van der Waals surface area contributed by atoms with Gasteiger partial charge in [-0.3, -0.25) is 0 Å². The molecule has 0 aliphatic carbocycles. The van der Waals surface area contributed by atoms with Gasteiger partial charge in [0.15, 0.2) is 10.6 Å². The van der Waals surface area contributed by atoms with Crippen molar-refractivity contribution in [1.29, 1.82) is 0 Å². The highest BCUT2D eigenvalue weighted by molar-refractivity contribution is 7.71. The van der Waals surface area contributed by atoms with Crippen LogP contribution < -0.4 is 0 Å². The highest BCUT2D eigenvalue weighted by atomic mass is 32.1. The lowest BCUT2D eigenvalue weighted by atomic mass is 10.2. The van der Waals surface area contributed by atoms with E-state index in [9.17, 15) is 8.78 Å². The Labute approximate surface area is 121 Å². The van der Waals surface area contributed by atoms with Crippen LogP contribution in [-0.4, -0.2) is 34.1 Å². The number of benzene rings is 1. The van der Waals surface area contributed by atoms with Crippen LogP contribution in [0.15, 0.2) is 12.1 Å². The minimum absolute atomic E-state index is 0.0792. The van der Waals surface area contributed by atoms with Gasteiger partial charge in [-0.15, -0.1) is 0 Å². The summed E-state index contributed by atoms with van der Waals surface area (Å²) in [6.07, 6.45) is 2.44. The van der Waals surface area contributed by atoms with Crippen LogP contribution in [0.3, 0.4) is 0 Å². The summed E-state index contributed by atoms with van der Waals surface area (Å²) in [7, 11) is 0. The molecule has 6 heteroatoms. The Bertz CT molecular complexity index is 686. The van der Waals surface area contributed by atoms with E-state index < -0.39 is 11.6 Å². The van der Waals surface area contributed by atoms with Gasteiger partial charge in [0.05, 0.1) is 5.52 Å². The number of halogens is 2. The van der Waals surface area contributed by atoms with Crippen molar-refractivity contribution in [2.45, 2.75) is 25.8 Å². The SMILES string of the molecule is CC(CN1CCCC1)n1c(=S)[nH]c2c(F)cc(F)cc21. The van der Waals surface area contributed by atoms with Gasteiger partial charge < -0.3 is 14.5 Å². The third-order valence-electron chi connectivity index (χ3n) is 3.91. The molecular formula is C14H17F2N3S. The summed E-state index contributed by atoms with van der Waals surface area (Å²) in [6, 6.07) is 2.30. The van der Waals surface area contributed by atoms with Crippen molar-refractivity contribution in [2.75, 3.05) is 19.6 Å². The van der Waals surface area contributed by atoms with Crippen molar-refractivity contribution in [3.8, 4) is 0 Å². The average Bonchev–Trinajstić information content (AvgIpc) is 2.96. The second kappa shape index (κ2) is 5.26. The quantitative estimate of drug-likeness (QED) is 0.875. The molecule has 0 radical (unpaired) electrons. The van der Waals surface area contributed by atoms with Crippen molar-refractivity contribution in [3.05, 3.63) is 28.5 Å². The van der Waals surface area contributed by atoms with E-state index >= 15 is 0 Å². The molecule has 0 saturated carbocycles. The zero-order valence-corrected chi connectivity index (χ0v) is 12.1. The first-order valence-electron chi connectivity index (χ1n) is 6.88. The van der Waals surface area contributed by atoms with E-state index in [1.165, 1.54) is 18.9 Å². The highest BCUT2D eigenvalue weighted by Crippen LogP contribution is 2.24. The van der Waals surface area contributed by atoms with Gasteiger partial charge in [-0.1, -0.05) is 0 Å². The van der Waals surface area contributed by atoms with E-state index in [4.69, 9.17) is 12.2 Å². The van der Waals surface area contributed by atoms with Crippen molar-refractivity contribution >= 4 is 23.3 Å². The average molecular weight is 297 g/mol. The predicted octanol–water partition coefficient (Wildman–Crippen LogP) is 3.63. The molecule has 1 aromatic carbocycles. The van der Waals surface area contributed by atoms with Gasteiger partial charge in [0.2, 0.25) is 0 Å². The minimum atomic E-state index is -0.599. The Morgan fingerprint density at radius 1 is 1.30 bits per heavy atom. The summed E-state index contributed by atoms with van der Waals surface area (Å²) in [4.78, 5) is 5.21. The van der Waals surface area contributed by atoms with Crippen LogP contribution in [0.1, 0.15) is 25.8 Å². The maximum Gasteiger partial charge on any atom is 0.178 e. The number of H-pyrrole nitrogens is 1. The van der Waals surface area contributed by atoms with E-state index in [-0.39, 0.29) is 11.6 Å². The first-order chi connectivity index (χ1) is 9.56. The summed E-state index contributed by atoms with van der Waals surface area (Å²) >= 11 is 5.27. The van der Waals surface area contributed by atoms with E-state index in [1.807, 2.05) is 11.5 Å². The Kier molecular flexibility index (Phi) is 3.60. The number of nitrogens with zero attached hydrogens (tertiary/aromatic N) is 2. The number of aromatic amines is 1. The second-order valence-electron chi connectivity index (χ2n) is 5.44. The smallest absolute Gasteiger partial charge is 0.178 e. The second-order valence-corrected chi connectivity index (χ2v) is 5.83. The Morgan fingerprint density at radius 2 is 2.00 bits per heavy atom. The van der Waals surface area contributed by atoms with Crippen molar-refractivity contribution < 1.29 is 8.78 Å². The zero-order chi connectivity index (χ0) is 14.3. The molecule has 1 aliphatic rings. The summed E-state index contributed by atoms with van der Waals surface area (Å²) in [5.74, 6) is -1.18. The van der Waals surface area contributed by atoms with Crippen LogP contribution in [0.2, 0.25) is 0 Å². The third kappa shape index (κ3) is 2.38. The topological polar surface area (TPSA) is 24.0 Å². The van der Waals surface area contributed by atoms with Crippen molar-refractivity contribution in [2.24, 2.45) is 0 Å². The first kappa shape index (κ1) is 13.7. The number of hydrogen-bond donors (Lipinski definition) is 1. The number of imidazole rings is 1. The molecule has 0 spiro atoms. The molecule has 3 rings (SSSR count). The summed E-state index contributed by atoms with van der Waals surface area (Å²) < 4.78 is 29.5. The number of rotatable bonds is 3. The molecule has 108 valence electrons. The fourth-order valence-corrected chi connectivity index (χ4v) is 3.39. The van der Waals surface area contributed by atoms with Gasteiger partial charge in [0.1, 0.15) is 11.3 Å². The van der Waals surface area contributed by atoms with Crippen molar-refractivity contribution in [3.63, 3.8) is 0 Å². The number of likely N-dealkylation sites (tertiary alicyclic amines) is 1. The van der Waals surface area contributed by atoms with Gasteiger partial charge in [-0.05, 0) is 51.1 Å². The number of nitrogens with one attached hydrogen (secondary N) is 1. The van der Waals surface area contributed by atoms with Gasteiger partial charge in [0, 0.05) is 18.7 Å². The number of fused-ring (bicyclic) bond motifs is 1. The van der Waals surface area contributed by atoms with Gasteiger partial charge in [0.25, 0.3) is 0 Å². The summed E-state index contributed by atoms with van der Waals surface area (Å²) in [5.41, 5.74) is 0.781. The van der Waals surface area contributed by atoms with Crippen LogP contribution in [0.4, 0.5) is 8.78 Å². The molecule has 3 nitrogen and oxygen atoms in total. The van der Waals surface area contributed by atoms with Gasteiger partial charge in [-0.25, -0.2) is 8.78 Å². The molecule has 1 saturated heterocycles. The molecule has 1 unspecified atom stereocenters. The van der Waals surface area contributed by atoms with E-state index in [0.717, 1.165) is 25.7 Å². The Morgan fingerprint density at radius 3 is 2.70 bits per heavy atom. The lowest BCUT2D eigenvalue weighted by Crippen LogP contribution is -2.27. The molecule has 1 atom stereocenters. The fraction of sp³-hybridized carbons (Fsp3) is 0.500. The number of aromatic nitrogens is 2. The standard InChI is InChI=1S/C14H17F2N3S/c1-9(8-18-4-2-3-5-18)19-12-7-10(15)6-11(16)13(12)17-14(19)20/h6-7,9H,2-5,8H2,1H3,(H,17,20). The minimum Gasteiger partial charge on any atom is -0.328 e. The molecular weight excluding hydrogens is 280 g/mol. The largest absolute Gasteiger partial charge is 0.328 e. The van der Waals surface area contributed by atoms with Crippen LogP contribution in [0.25, 0.3) is 11.0 Å². The van der Waals surface area contributed by atoms with Crippen LogP contribution in [-0.2, 0) is 0 Å². The van der Waals surface area contributed by atoms with E-state index in [0.29, 0.717) is 10.3 Å². The monoisotopic (exact) mass is 297 g/mol. The maximum atomic E-state index is 13.8. The van der Waals surface area contributed by atoms with E-state index in [2.05, 4.69) is 9.88 Å². The molecule has 0 bridgehead atoms. The van der Waals surface area contributed by atoms with Crippen molar-refractivity contribution in [1.82, 2.24) is 14.5 Å². The fourth-order valence-electron chi connectivity index (χ4n) is 3.01. The molecule has 1 N–H and O–H groups in total. The Balaban J connectivity index is 2.01. The van der Waals surface area contributed by atoms with Gasteiger partial charge >= 0.3 is 0 Å². The third-order valence-corrected chi connectivity index (χ3v) is 4.21. The van der Waals surface area contributed by atoms with Crippen LogP contribution in [0, 0.1) is 16.4 Å². The molecule has 1 aliphatic heterocycles. The molecule has 1 aromatic heterocycles. The lowest BCUT2D eigenvalue weighted by molar-refractivity contribution is 0.289. The van der Waals surface area contributed by atoms with Crippen LogP contribution in [0.5, 0.6) is 0 Å². The predicted molar refractivity (Wildman–Crippen MR) is 77.4 cm³/mol. The normalized spacial score (nSPS) is 17.9. The van der Waals surface area contributed by atoms with Crippen LogP contribution >= 0.6 is 12.2 Å². The summed E-state index contributed by atoms with van der Waals surface area (Å²) in [6.45, 7) is 5.05.